The Morgan fingerprint density at radius 1 is 0.667 bits per heavy atom. The number of carbonyl (C=O) groups excluding carboxylic acids is 1. The smallest absolute Gasteiger partial charge is 0.343 e. The van der Waals surface area contributed by atoms with Gasteiger partial charge in [0.1, 0.15) is 17.2 Å². The molecule has 4 nitrogen and oxygen atoms in total. The molecule has 1 unspecified atom stereocenters. The van der Waals surface area contributed by atoms with Gasteiger partial charge in [0.25, 0.3) is 0 Å². The van der Waals surface area contributed by atoms with Crippen LogP contribution in [0.4, 0.5) is 0 Å². The van der Waals surface area contributed by atoms with Crippen LogP contribution < -0.4 is 14.2 Å². The van der Waals surface area contributed by atoms with E-state index >= 15 is 0 Å². The van der Waals surface area contributed by atoms with Crippen molar-refractivity contribution in [2.45, 2.75) is 90.9 Å². The minimum absolute atomic E-state index is 0.382. The fourth-order valence-corrected chi connectivity index (χ4v) is 4.77. The van der Waals surface area contributed by atoms with E-state index in [0.717, 1.165) is 54.4 Å². The van der Waals surface area contributed by atoms with Crippen molar-refractivity contribution >= 4 is 5.97 Å². The standard InChI is InChI=1S/C38H50O4/c1-4-6-7-8-9-10-11-14-29-40-36-25-21-34(22-26-36)38(39)42-37-27-19-33(20-28-37)32-17-23-35(24-18-32)41-30-15-12-13-16-31(3)5-2/h4,17-28,31H,1,5-16,29-30H2,2-3H3. The number of hydrogen-bond donors (Lipinski definition) is 0. The lowest BCUT2D eigenvalue weighted by Gasteiger charge is -2.10. The molecular weight excluding hydrogens is 520 g/mol. The summed E-state index contributed by atoms with van der Waals surface area (Å²) >= 11 is 0. The van der Waals surface area contributed by atoms with E-state index in [1.165, 1.54) is 57.8 Å². The van der Waals surface area contributed by atoms with Crippen molar-refractivity contribution in [3.05, 3.63) is 91.0 Å². The molecule has 0 bridgehead atoms. The largest absolute Gasteiger partial charge is 0.494 e. The normalized spacial score (nSPS) is 11.6. The maximum atomic E-state index is 12.7. The monoisotopic (exact) mass is 570 g/mol. The van der Waals surface area contributed by atoms with Gasteiger partial charge in [0, 0.05) is 0 Å². The third kappa shape index (κ3) is 12.5. The van der Waals surface area contributed by atoms with Gasteiger partial charge in [-0.05, 0) is 91.3 Å². The minimum atomic E-state index is -0.382. The number of esters is 1. The molecule has 3 rings (SSSR count). The molecule has 0 saturated heterocycles. The second kappa shape index (κ2) is 19.6. The van der Waals surface area contributed by atoms with Crippen molar-refractivity contribution in [2.75, 3.05) is 13.2 Å². The van der Waals surface area contributed by atoms with Crippen molar-refractivity contribution in [1.82, 2.24) is 0 Å². The summed E-state index contributed by atoms with van der Waals surface area (Å²) in [4.78, 5) is 12.7. The van der Waals surface area contributed by atoms with Crippen LogP contribution in [0.1, 0.15) is 101 Å². The van der Waals surface area contributed by atoms with Gasteiger partial charge in [-0.25, -0.2) is 4.79 Å². The first kappa shape index (κ1) is 33.0. The predicted molar refractivity (Wildman–Crippen MR) is 175 cm³/mol. The molecule has 0 aliphatic carbocycles. The summed E-state index contributed by atoms with van der Waals surface area (Å²) in [6.45, 7) is 9.80. The van der Waals surface area contributed by atoms with E-state index in [0.29, 0.717) is 17.9 Å². The maximum Gasteiger partial charge on any atom is 0.343 e. The van der Waals surface area contributed by atoms with Crippen LogP contribution in [0.5, 0.6) is 17.2 Å². The SMILES string of the molecule is C=CCCCCCCCCOc1ccc(C(=O)Oc2ccc(-c3ccc(OCCCCCC(C)CC)cc3)cc2)cc1. The van der Waals surface area contributed by atoms with E-state index in [2.05, 4.69) is 32.6 Å². The number of allylic oxidation sites excluding steroid dienone is 1. The highest BCUT2D eigenvalue weighted by Crippen LogP contribution is 2.25. The van der Waals surface area contributed by atoms with Crippen LogP contribution in [0.3, 0.4) is 0 Å². The number of ether oxygens (including phenoxy) is 3. The van der Waals surface area contributed by atoms with Crippen LogP contribution in [0.15, 0.2) is 85.5 Å². The molecule has 3 aromatic rings. The summed E-state index contributed by atoms with van der Waals surface area (Å²) < 4.78 is 17.4. The Kier molecular flexibility index (Phi) is 15.4. The van der Waals surface area contributed by atoms with Crippen LogP contribution in [0, 0.1) is 5.92 Å². The molecule has 0 aliphatic rings. The third-order valence-corrected chi connectivity index (χ3v) is 7.72. The minimum Gasteiger partial charge on any atom is -0.494 e. The highest BCUT2D eigenvalue weighted by atomic mass is 16.5. The molecule has 226 valence electrons. The van der Waals surface area contributed by atoms with Gasteiger partial charge in [-0.3, -0.25) is 0 Å². The molecule has 42 heavy (non-hydrogen) atoms. The van der Waals surface area contributed by atoms with Gasteiger partial charge in [-0.15, -0.1) is 6.58 Å². The zero-order valence-electron chi connectivity index (χ0n) is 25.8. The Balaban J connectivity index is 1.35. The molecular formula is C38H50O4. The molecule has 0 N–H and O–H groups in total. The molecule has 0 saturated carbocycles. The van der Waals surface area contributed by atoms with E-state index in [1.807, 2.05) is 54.6 Å². The molecule has 1 atom stereocenters. The van der Waals surface area contributed by atoms with Gasteiger partial charge in [-0.1, -0.05) is 95.6 Å². The molecule has 3 aromatic carbocycles. The first-order chi connectivity index (χ1) is 20.6. The quantitative estimate of drug-likeness (QED) is 0.0553. The van der Waals surface area contributed by atoms with Gasteiger partial charge in [0.2, 0.25) is 0 Å². The van der Waals surface area contributed by atoms with Gasteiger partial charge in [0.15, 0.2) is 0 Å². The second-order valence-corrected chi connectivity index (χ2v) is 11.2. The number of unbranched alkanes of at least 4 members (excludes halogenated alkanes) is 8. The molecule has 0 amide bonds. The first-order valence-corrected chi connectivity index (χ1v) is 16.0. The summed E-state index contributed by atoms with van der Waals surface area (Å²) in [7, 11) is 0. The van der Waals surface area contributed by atoms with E-state index in [1.54, 1.807) is 12.1 Å². The molecule has 4 heteroatoms. The number of hydrogen-bond acceptors (Lipinski definition) is 4. The van der Waals surface area contributed by atoms with Gasteiger partial charge < -0.3 is 14.2 Å². The van der Waals surface area contributed by atoms with Crippen molar-refractivity contribution < 1.29 is 19.0 Å². The highest BCUT2D eigenvalue weighted by Gasteiger charge is 2.10. The molecule has 0 fully saturated rings. The lowest BCUT2D eigenvalue weighted by atomic mass is 10.0. The molecule has 0 heterocycles. The second-order valence-electron chi connectivity index (χ2n) is 11.2. The van der Waals surface area contributed by atoms with Crippen LogP contribution >= 0.6 is 0 Å². The Labute approximate surface area is 254 Å². The number of rotatable bonds is 21. The van der Waals surface area contributed by atoms with Crippen LogP contribution in [0.2, 0.25) is 0 Å². The summed E-state index contributed by atoms with van der Waals surface area (Å²) in [6.07, 6.45) is 16.5. The van der Waals surface area contributed by atoms with Gasteiger partial charge in [-0.2, -0.15) is 0 Å². The Hall–Kier alpha value is -3.53. The summed E-state index contributed by atoms with van der Waals surface area (Å²) in [5, 5.41) is 0. The zero-order chi connectivity index (χ0) is 29.8. The predicted octanol–water partition coefficient (Wildman–Crippen LogP) is 10.9. The lowest BCUT2D eigenvalue weighted by molar-refractivity contribution is 0.0734. The number of benzene rings is 3. The highest BCUT2D eigenvalue weighted by molar-refractivity contribution is 5.91. The molecule has 0 spiro atoms. The van der Waals surface area contributed by atoms with Crippen molar-refractivity contribution in [2.24, 2.45) is 5.92 Å². The zero-order valence-corrected chi connectivity index (χ0v) is 25.8. The van der Waals surface area contributed by atoms with Crippen molar-refractivity contribution in [1.29, 1.82) is 0 Å². The number of carbonyl (C=O) groups is 1. The van der Waals surface area contributed by atoms with Gasteiger partial charge in [0.05, 0.1) is 18.8 Å². The molecule has 0 aromatic heterocycles. The molecule has 0 radical (unpaired) electrons. The topological polar surface area (TPSA) is 44.8 Å². The fourth-order valence-electron chi connectivity index (χ4n) is 4.77. The van der Waals surface area contributed by atoms with Crippen LogP contribution in [-0.2, 0) is 0 Å². The first-order valence-electron chi connectivity index (χ1n) is 16.0. The van der Waals surface area contributed by atoms with Crippen molar-refractivity contribution in [3.63, 3.8) is 0 Å². The molecule has 0 aliphatic heterocycles. The van der Waals surface area contributed by atoms with E-state index in [-0.39, 0.29) is 5.97 Å². The van der Waals surface area contributed by atoms with Crippen LogP contribution in [-0.4, -0.2) is 19.2 Å². The average Bonchev–Trinajstić information content (AvgIpc) is 3.02. The Morgan fingerprint density at radius 3 is 1.69 bits per heavy atom. The third-order valence-electron chi connectivity index (χ3n) is 7.72. The van der Waals surface area contributed by atoms with E-state index in [4.69, 9.17) is 14.2 Å². The summed E-state index contributed by atoms with van der Waals surface area (Å²) in [6, 6.07) is 22.9. The van der Waals surface area contributed by atoms with E-state index < -0.39 is 0 Å². The van der Waals surface area contributed by atoms with Crippen molar-refractivity contribution in [3.8, 4) is 28.4 Å². The van der Waals surface area contributed by atoms with Gasteiger partial charge >= 0.3 is 5.97 Å². The summed E-state index contributed by atoms with van der Waals surface area (Å²) in [5.41, 5.74) is 2.64. The Morgan fingerprint density at radius 2 is 1.14 bits per heavy atom. The van der Waals surface area contributed by atoms with E-state index in [9.17, 15) is 4.79 Å². The van der Waals surface area contributed by atoms with Crippen LogP contribution in [0.25, 0.3) is 11.1 Å². The maximum absolute atomic E-state index is 12.7. The fraction of sp³-hybridized carbons (Fsp3) is 0.447. The summed E-state index contributed by atoms with van der Waals surface area (Å²) in [5.74, 6) is 2.63. The Bertz CT molecular complexity index is 1150. The lowest BCUT2D eigenvalue weighted by Crippen LogP contribution is -2.08. The average molecular weight is 571 g/mol.